The van der Waals surface area contributed by atoms with Crippen molar-refractivity contribution in [2.45, 2.75) is 19.4 Å². The van der Waals surface area contributed by atoms with Gasteiger partial charge in [-0.25, -0.2) is 0 Å². The summed E-state index contributed by atoms with van der Waals surface area (Å²) in [4.78, 5) is 12.3. The van der Waals surface area contributed by atoms with Gasteiger partial charge in [0.05, 0.1) is 12.0 Å². The first-order valence-electron chi connectivity index (χ1n) is 6.30. The molecule has 0 spiro atoms. The normalized spacial score (nSPS) is 17.6. The maximum atomic E-state index is 12.3. The van der Waals surface area contributed by atoms with E-state index in [1.807, 2.05) is 37.3 Å². The predicted molar refractivity (Wildman–Crippen MR) is 82.6 cm³/mol. The van der Waals surface area contributed by atoms with Crippen molar-refractivity contribution >= 4 is 33.3 Å². The van der Waals surface area contributed by atoms with Crippen LogP contribution in [0.4, 0.5) is 0 Å². The fraction of sp³-hybridized carbons (Fsp3) is 0.188. The van der Waals surface area contributed by atoms with Crippen molar-refractivity contribution in [1.82, 2.24) is 0 Å². The summed E-state index contributed by atoms with van der Waals surface area (Å²) in [7, 11) is 0. The number of ether oxygens (including phenoxy) is 1. The Bertz CT molecular complexity index is 697. The first kappa shape index (κ1) is 13.7. The molecule has 0 aliphatic carbocycles. The Morgan fingerprint density at radius 3 is 2.85 bits per heavy atom. The second-order valence-corrected chi connectivity index (χ2v) is 6.22. The topological polar surface area (TPSA) is 26.3 Å². The number of hydrogen-bond acceptors (Lipinski definition) is 2. The molecule has 0 aromatic heterocycles. The number of rotatable bonds is 1. The molecule has 2 aromatic carbocycles. The number of fused-ring (bicyclic) bond motifs is 1. The molecular weight excluding hydrogens is 340 g/mol. The lowest BCUT2D eigenvalue weighted by atomic mass is 9.95. The number of carbonyl (C=O) groups is 1. The quantitative estimate of drug-likeness (QED) is 0.713. The van der Waals surface area contributed by atoms with E-state index in [0.29, 0.717) is 22.8 Å². The molecule has 0 bridgehead atoms. The van der Waals surface area contributed by atoms with Gasteiger partial charge in [0.1, 0.15) is 11.9 Å². The van der Waals surface area contributed by atoms with Gasteiger partial charge in [-0.3, -0.25) is 4.79 Å². The molecule has 0 N–H and O–H groups in total. The second kappa shape index (κ2) is 5.23. The summed E-state index contributed by atoms with van der Waals surface area (Å²) in [5, 5.41) is 0.613. The highest BCUT2D eigenvalue weighted by atomic mass is 79.9. The number of hydrogen-bond donors (Lipinski definition) is 0. The van der Waals surface area contributed by atoms with Crippen molar-refractivity contribution in [3.8, 4) is 5.75 Å². The third kappa shape index (κ3) is 2.48. The Hall–Kier alpha value is -1.32. The van der Waals surface area contributed by atoms with Crippen LogP contribution in [0.15, 0.2) is 40.9 Å². The third-order valence-electron chi connectivity index (χ3n) is 3.38. The van der Waals surface area contributed by atoms with Crippen molar-refractivity contribution in [1.29, 1.82) is 0 Å². The van der Waals surface area contributed by atoms with E-state index in [4.69, 9.17) is 16.3 Å². The van der Waals surface area contributed by atoms with Gasteiger partial charge in [-0.15, -0.1) is 0 Å². The molecule has 0 saturated carbocycles. The van der Waals surface area contributed by atoms with E-state index in [-0.39, 0.29) is 11.9 Å². The van der Waals surface area contributed by atoms with Gasteiger partial charge in [0.25, 0.3) is 0 Å². The molecule has 0 fully saturated rings. The highest BCUT2D eigenvalue weighted by molar-refractivity contribution is 9.10. The summed E-state index contributed by atoms with van der Waals surface area (Å²) in [6, 6.07) is 11.2. The molecule has 0 saturated heterocycles. The lowest BCUT2D eigenvalue weighted by Crippen LogP contribution is -2.20. The van der Waals surface area contributed by atoms with E-state index < -0.39 is 0 Å². The molecule has 1 aliphatic rings. The Morgan fingerprint density at radius 2 is 2.05 bits per heavy atom. The van der Waals surface area contributed by atoms with Crippen molar-refractivity contribution in [2.75, 3.05) is 0 Å². The van der Waals surface area contributed by atoms with Crippen molar-refractivity contribution < 1.29 is 9.53 Å². The Balaban J connectivity index is 2.01. The van der Waals surface area contributed by atoms with Gasteiger partial charge in [0.15, 0.2) is 5.78 Å². The molecule has 2 aromatic rings. The molecule has 4 heteroatoms. The average Bonchev–Trinajstić information content (AvgIpc) is 2.42. The minimum atomic E-state index is -0.331. The number of carbonyl (C=O) groups excluding carboxylic acids is 1. The molecule has 20 heavy (non-hydrogen) atoms. The molecule has 1 aliphatic heterocycles. The largest absolute Gasteiger partial charge is 0.484 e. The number of halogens is 2. The number of Topliss-reactive ketones (excluding diaryl/α,β-unsaturated/α-hetero) is 1. The molecule has 1 heterocycles. The summed E-state index contributed by atoms with van der Waals surface area (Å²) in [6.07, 6.45) is -0.0187. The summed E-state index contributed by atoms with van der Waals surface area (Å²) in [5.41, 5.74) is 2.55. The van der Waals surface area contributed by atoms with E-state index in [9.17, 15) is 4.79 Å². The van der Waals surface area contributed by atoms with Crippen LogP contribution < -0.4 is 4.74 Å². The highest BCUT2D eigenvalue weighted by Gasteiger charge is 2.29. The van der Waals surface area contributed by atoms with Crippen molar-refractivity contribution in [3.63, 3.8) is 0 Å². The molecule has 1 unspecified atom stereocenters. The summed E-state index contributed by atoms with van der Waals surface area (Å²) >= 11 is 9.64. The van der Waals surface area contributed by atoms with Gasteiger partial charge in [0, 0.05) is 15.1 Å². The van der Waals surface area contributed by atoms with Crippen LogP contribution in [0.25, 0.3) is 0 Å². The van der Waals surface area contributed by atoms with Gasteiger partial charge in [-0.2, -0.15) is 0 Å². The smallest absolute Gasteiger partial charge is 0.170 e. The maximum absolute atomic E-state index is 12.3. The van der Waals surface area contributed by atoms with Crippen LogP contribution >= 0.6 is 27.5 Å². The van der Waals surface area contributed by atoms with E-state index in [1.54, 1.807) is 6.07 Å². The van der Waals surface area contributed by atoms with Gasteiger partial charge in [-0.05, 0) is 37.3 Å². The van der Waals surface area contributed by atoms with Crippen molar-refractivity contribution in [2.24, 2.45) is 0 Å². The van der Waals surface area contributed by atoms with Crippen LogP contribution in [0.3, 0.4) is 0 Å². The van der Waals surface area contributed by atoms with Gasteiger partial charge >= 0.3 is 0 Å². The summed E-state index contributed by atoms with van der Waals surface area (Å²) in [6.45, 7) is 1.96. The second-order valence-electron chi connectivity index (χ2n) is 4.90. The summed E-state index contributed by atoms with van der Waals surface area (Å²) in [5.74, 6) is 0.726. The first-order valence-corrected chi connectivity index (χ1v) is 7.47. The van der Waals surface area contributed by atoms with Crippen LogP contribution in [0.5, 0.6) is 5.75 Å². The zero-order valence-corrected chi connectivity index (χ0v) is 13.2. The molecule has 2 nitrogen and oxygen atoms in total. The Labute approximate surface area is 130 Å². The maximum Gasteiger partial charge on any atom is 0.170 e. The van der Waals surface area contributed by atoms with Crippen LogP contribution in [0, 0.1) is 6.92 Å². The van der Waals surface area contributed by atoms with E-state index in [2.05, 4.69) is 15.9 Å². The van der Waals surface area contributed by atoms with Gasteiger partial charge in [0.2, 0.25) is 0 Å². The minimum Gasteiger partial charge on any atom is -0.484 e. The Kier molecular flexibility index (Phi) is 3.57. The molecule has 0 amide bonds. The van der Waals surface area contributed by atoms with E-state index in [0.717, 1.165) is 15.6 Å². The third-order valence-corrected chi connectivity index (χ3v) is 4.22. The minimum absolute atomic E-state index is 0.0935. The zero-order chi connectivity index (χ0) is 14.3. The highest BCUT2D eigenvalue weighted by Crippen LogP contribution is 2.38. The van der Waals surface area contributed by atoms with Crippen LogP contribution in [-0.2, 0) is 0 Å². The van der Waals surface area contributed by atoms with Crippen LogP contribution in [0.2, 0.25) is 5.02 Å². The Morgan fingerprint density at radius 1 is 1.25 bits per heavy atom. The molecule has 102 valence electrons. The van der Waals surface area contributed by atoms with Gasteiger partial charge in [-0.1, -0.05) is 39.2 Å². The number of ketones is 1. The SMILES string of the molecule is Cc1ccc2c(c1)C(=O)CC(c1cc(Br)ccc1Cl)O2. The van der Waals surface area contributed by atoms with E-state index in [1.165, 1.54) is 0 Å². The molecular formula is C16H12BrClO2. The number of benzene rings is 2. The standard InChI is InChI=1S/C16H12BrClO2/c1-9-2-5-15-12(6-9)14(19)8-16(20-15)11-7-10(17)3-4-13(11)18/h2-7,16H,8H2,1H3. The van der Waals surface area contributed by atoms with Crippen molar-refractivity contribution in [3.05, 3.63) is 62.6 Å². The summed E-state index contributed by atoms with van der Waals surface area (Å²) < 4.78 is 6.87. The number of aryl methyl sites for hydroxylation is 1. The van der Waals surface area contributed by atoms with E-state index >= 15 is 0 Å². The molecule has 3 rings (SSSR count). The van der Waals surface area contributed by atoms with Gasteiger partial charge < -0.3 is 4.74 Å². The molecule has 1 atom stereocenters. The lowest BCUT2D eigenvalue weighted by molar-refractivity contribution is 0.0850. The van der Waals surface area contributed by atoms with Crippen LogP contribution in [0.1, 0.15) is 34.0 Å². The fourth-order valence-electron chi connectivity index (χ4n) is 2.37. The first-order chi connectivity index (χ1) is 9.54. The monoisotopic (exact) mass is 350 g/mol. The van der Waals surface area contributed by atoms with Crippen LogP contribution in [-0.4, -0.2) is 5.78 Å². The lowest BCUT2D eigenvalue weighted by Gasteiger charge is -2.26. The fourth-order valence-corrected chi connectivity index (χ4v) is 2.99. The average molecular weight is 352 g/mol. The zero-order valence-electron chi connectivity index (χ0n) is 10.8. The molecule has 0 radical (unpaired) electrons. The predicted octanol–water partition coefficient (Wildman–Crippen LogP) is 5.12.